The first-order chi connectivity index (χ1) is 15.7. The molecule has 0 atom stereocenters. The van der Waals surface area contributed by atoms with E-state index in [1.807, 2.05) is 6.20 Å². The van der Waals surface area contributed by atoms with Crippen molar-refractivity contribution in [2.24, 2.45) is 0 Å². The van der Waals surface area contributed by atoms with Crippen LogP contribution in [0.5, 0.6) is 0 Å². The van der Waals surface area contributed by atoms with Crippen molar-refractivity contribution in [1.29, 1.82) is 0 Å². The number of allylic oxidation sites excluding steroid dienone is 2. The van der Waals surface area contributed by atoms with Crippen LogP contribution in [-0.4, -0.2) is 14.1 Å². The van der Waals surface area contributed by atoms with Gasteiger partial charge in [0.25, 0.3) is 0 Å². The minimum absolute atomic E-state index is 0.978. The Balaban J connectivity index is 1.61. The summed E-state index contributed by atoms with van der Waals surface area (Å²) in [5, 5.41) is 0. The van der Waals surface area contributed by atoms with Crippen LogP contribution >= 0.6 is 0 Å². The average molecular weight is 422 g/mol. The maximum atomic E-state index is 4.83. The molecule has 2 aromatic carbocycles. The first-order valence-corrected chi connectivity index (χ1v) is 11.8. The summed E-state index contributed by atoms with van der Waals surface area (Å²) < 4.78 is 4.74. The average Bonchev–Trinajstić information content (AvgIpc) is 3.41. The van der Waals surface area contributed by atoms with Crippen molar-refractivity contribution >= 4 is 5.57 Å². The Morgan fingerprint density at radius 1 is 0.938 bits per heavy atom. The molecule has 0 saturated carbocycles. The molecule has 0 fully saturated rings. The Morgan fingerprint density at radius 3 is 2.34 bits per heavy atom. The molecular formula is C29H31N3. The van der Waals surface area contributed by atoms with Gasteiger partial charge in [-0.1, -0.05) is 43.3 Å². The molecule has 0 saturated heterocycles. The van der Waals surface area contributed by atoms with Crippen LogP contribution in [0, 0.1) is 6.92 Å². The van der Waals surface area contributed by atoms with Crippen molar-refractivity contribution in [3.05, 3.63) is 95.6 Å². The van der Waals surface area contributed by atoms with Crippen molar-refractivity contribution < 1.29 is 0 Å². The number of imidazole rings is 1. The van der Waals surface area contributed by atoms with Crippen molar-refractivity contribution in [3.8, 4) is 22.8 Å². The molecule has 162 valence electrons. The molecule has 0 spiro atoms. The van der Waals surface area contributed by atoms with E-state index < -0.39 is 0 Å². The van der Waals surface area contributed by atoms with Crippen LogP contribution in [0.1, 0.15) is 55.8 Å². The molecule has 0 aliphatic heterocycles. The second-order valence-electron chi connectivity index (χ2n) is 8.78. The minimum Gasteiger partial charge on any atom is -0.318 e. The summed E-state index contributed by atoms with van der Waals surface area (Å²) in [5.41, 5.74) is 10.3. The lowest BCUT2D eigenvalue weighted by Crippen LogP contribution is -2.08. The molecule has 0 unspecified atom stereocenters. The molecule has 0 amide bonds. The zero-order valence-electron chi connectivity index (χ0n) is 19.3. The number of aryl methyl sites for hydroxylation is 2. The van der Waals surface area contributed by atoms with Crippen molar-refractivity contribution in [3.63, 3.8) is 0 Å². The number of fused-ring (bicyclic) bond motifs is 1. The summed E-state index contributed by atoms with van der Waals surface area (Å²) in [7, 11) is 0. The standard InChI is InChI=1S/C29H31N3/c1-4-10-21(2)28-20-30-29(23-11-6-5-7-12-23)32(28)26-17-15-25(16-18-26)31-22(3)19-24-13-8-9-14-27(24)31/h5-7,10-12,15-20H,4,8-9,13-14H2,1-3H3/b21-10+. The maximum absolute atomic E-state index is 4.83. The summed E-state index contributed by atoms with van der Waals surface area (Å²) in [6, 6.07) is 21.8. The molecule has 1 aliphatic rings. The molecule has 3 heteroatoms. The SMILES string of the molecule is CC/C=C(\C)c1cnc(-c2ccccc2)n1-c1ccc(-n2c(C)cc3c2CCCC3)cc1. The second-order valence-corrected chi connectivity index (χ2v) is 8.78. The monoisotopic (exact) mass is 421 g/mol. The molecule has 0 radical (unpaired) electrons. The third kappa shape index (κ3) is 3.62. The van der Waals surface area contributed by atoms with Crippen LogP contribution in [-0.2, 0) is 12.8 Å². The summed E-state index contributed by atoms with van der Waals surface area (Å²) >= 11 is 0. The second kappa shape index (κ2) is 8.66. The number of hydrogen-bond acceptors (Lipinski definition) is 1. The summed E-state index contributed by atoms with van der Waals surface area (Å²) in [6.07, 6.45) is 10.3. The van der Waals surface area contributed by atoms with Gasteiger partial charge in [-0.3, -0.25) is 4.57 Å². The van der Waals surface area contributed by atoms with E-state index in [4.69, 9.17) is 4.98 Å². The van der Waals surface area contributed by atoms with E-state index in [1.54, 1.807) is 0 Å². The van der Waals surface area contributed by atoms with Gasteiger partial charge in [0.15, 0.2) is 0 Å². The van der Waals surface area contributed by atoms with Crippen LogP contribution in [0.25, 0.3) is 28.3 Å². The van der Waals surface area contributed by atoms with Gasteiger partial charge >= 0.3 is 0 Å². The highest BCUT2D eigenvalue weighted by Gasteiger charge is 2.18. The Bertz CT molecular complexity index is 1250. The smallest absolute Gasteiger partial charge is 0.144 e. The fourth-order valence-corrected chi connectivity index (χ4v) is 5.06. The predicted molar refractivity (Wildman–Crippen MR) is 134 cm³/mol. The Hall–Kier alpha value is -3.33. The first-order valence-electron chi connectivity index (χ1n) is 11.8. The fraction of sp³-hybridized carbons (Fsp3) is 0.276. The summed E-state index contributed by atoms with van der Waals surface area (Å²) in [6.45, 7) is 6.58. The molecule has 5 rings (SSSR count). The van der Waals surface area contributed by atoms with E-state index in [9.17, 15) is 0 Å². The van der Waals surface area contributed by atoms with Gasteiger partial charge in [-0.15, -0.1) is 0 Å². The molecule has 3 nitrogen and oxygen atoms in total. The predicted octanol–water partition coefficient (Wildman–Crippen LogP) is 7.33. The van der Waals surface area contributed by atoms with Gasteiger partial charge in [-0.2, -0.15) is 0 Å². The molecule has 32 heavy (non-hydrogen) atoms. The Labute approximate surface area is 191 Å². The van der Waals surface area contributed by atoms with Gasteiger partial charge in [0.1, 0.15) is 5.82 Å². The van der Waals surface area contributed by atoms with Gasteiger partial charge in [0, 0.05) is 28.3 Å². The van der Waals surface area contributed by atoms with Crippen LogP contribution in [0.15, 0.2) is 72.9 Å². The Kier molecular flexibility index (Phi) is 5.57. The van der Waals surface area contributed by atoms with E-state index in [0.717, 1.165) is 29.2 Å². The summed E-state index contributed by atoms with van der Waals surface area (Å²) in [5.74, 6) is 0.978. The summed E-state index contributed by atoms with van der Waals surface area (Å²) in [4.78, 5) is 4.83. The lowest BCUT2D eigenvalue weighted by atomic mass is 9.98. The largest absolute Gasteiger partial charge is 0.318 e. The van der Waals surface area contributed by atoms with Crippen LogP contribution < -0.4 is 0 Å². The molecule has 1 aliphatic carbocycles. The van der Waals surface area contributed by atoms with E-state index in [0.29, 0.717) is 0 Å². The lowest BCUT2D eigenvalue weighted by Gasteiger charge is -2.18. The van der Waals surface area contributed by atoms with E-state index >= 15 is 0 Å². The normalized spacial score (nSPS) is 13.9. The molecule has 2 aromatic heterocycles. The number of nitrogens with zero attached hydrogens (tertiary/aromatic N) is 3. The van der Waals surface area contributed by atoms with Crippen LogP contribution in [0.2, 0.25) is 0 Å². The van der Waals surface area contributed by atoms with Gasteiger partial charge in [0.2, 0.25) is 0 Å². The highest BCUT2D eigenvalue weighted by atomic mass is 15.1. The van der Waals surface area contributed by atoms with E-state index in [2.05, 4.69) is 96.6 Å². The lowest BCUT2D eigenvalue weighted by molar-refractivity contribution is 0.661. The highest BCUT2D eigenvalue weighted by Crippen LogP contribution is 2.31. The number of hydrogen-bond donors (Lipinski definition) is 0. The van der Waals surface area contributed by atoms with Gasteiger partial charge in [-0.25, -0.2) is 4.98 Å². The first kappa shape index (κ1) is 20.6. The zero-order valence-corrected chi connectivity index (χ0v) is 19.3. The van der Waals surface area contributed by atoms with Crippen molar-refractivity contribution in [1.82, 2.24) is 14.1 Å². The van der Waals surface area contributed by atoms with Crippen LogP contribution in [0.4, 0.5) is 0 Å². The number of benzene rings is 2. The molecule has 2 heterocycles. The van der Waals surface area contributed by atoms with Crippen molar-refractivity contribution in [2.75, 3.05) is 0 Å². The number of aromatic nitrogens is 3. The molecule has 0 N–H and O–H groups in total. The van der Waals surface area contributed by atoms with Gasteiger partial charge < -0.3 is 4.57 Å². The van der Waals surface area contributed by atoms with Crippen molar-refractivity contribution in [2.45, 2.75) is 52.9 Å². The van der Waals surface area contributed by atoms with E-state index in [1.165, 1.54) is 53.9 Å². The minimum atomic E-state index is 0.978. The molecule has 4 aromatic rings. The maximum Gasteiger partial charge on any atom is 0.144 e. The van der Waals surface area contributed by atoms with Gasteiger partial charge in [0.05, 0.1) is 11.9 Å². The molecular weight excluding hydrogens is 390 g/mol. The van der Waals surface area contributed by atoms with E-state index in [-0.39, 0.29) is 0 Å². The quantitative estimate of drug-likeness (QED) is 0.331. The molecule has 0 bridgehead atoms. The Morgan fingerprint density at radius 2 is 1.62 bits per heavy atom. The van der Waals surface area contributed by atoms with Gasteiger partial charge in [-0.05, 0) is 87.4 Å². The third-order valence-electron chi connectivity index (χ3n) is 6.56. The third-order valence-corrected chi connectivity index (χ3v) is 6.56. The van der Waals surface area contributed by atoms with Crippen LogP contribution in [0.3, 0.4) is 0 Å². The number of rotatable bonds is 5. The highest BCUT2D eigenvalue weighted by molar-refractivity contribution is 5.69. The topological polar surface area (TPSA) is 22.8 Å². The zero-order chi connectivity index (χ0) is 22.1. The fourth-order valence-electron chi connectivity index (χ4n) is 5.06.